The number of piperazine rings is 1. The lowest BCUT2D eigenvalue weighted by Crippen LogP contribution is -2.49. The van der Waals surface area contributed by atoms with Crippen molar-refractivity contribution in [1.82, 2.24) is 14.8 Å². The highest BCUT2D eigenvalue weighted by atomic mass is 16.5. The van der Waals surface area contributed by atoms with Gasteiger partial charge in [0.25, 0.3) is 0 Å². The van der Waals surface area contributed by atoms with Crippen molar-refractivity contribution in [3.8, 4) is 5.75 Å². The van der Waals surface area contributed by atoms with Crippen LogP contribution >= 0.6 is 0 Å². The number of amides is 1. The summed E-state index contributed by atoms with van der Waals surface area (Å²) in [6, 6.07) is 12.3. The molecule has 3 rings (SSSR count). The molecule has 0 N–H and O–H groups in total. The van der Waals surface area contributed by atoms with Crippen LogP contribution in [-0.4, -0.2) is 54.5 Å². The van der Waals surface area contributed by atoms with Gasteiger partial charge in [-0.3, -0.25) is 14.7 Å². The van der Waals surface area contributed by atoms with Crippen molar-refractivity contribution in [1.29, 1.82) is 0 Å². The second kappa shape index (κ2) is 8.12. The number of hydrogen-bond donors (Lipinski definition) is 0. The van der Waals surface area contributed by atoms with Gasteiger partial charge in [0.1, 0.15) is 5.75 Å². The second-order valence-corrected chi connectivity index (χ2v) is 6.47. The molecule has 1 aromatic carbocycles. The van der Waals surface area contributed by atoms with E-state index in [1.807, 2.05) is 35.4 Å². The van der Waals surface area contributed by atoms with Gasteiger partial charge < -0.3 is 9.64 Å². The molecule has 0 spiro atoms. The number of aromatic nitrogens is 1. The Morgan fingerprint density at radius 1 is 1.24 bits per heavy atom. The van der Waals surface area contributed by atoms with Gasteiger partial charge in [-0.1, -0.05) is 18.2 Å². The highest BCUT2D eigenvalue weighted by molar-refractivity contribution is 5.76. The summed E-state index contributed by atoms with van der Waals surface area (Å²) in [5.74, 6) is 1.07. The summed E-state index contributed by atoms with van der Waals surface area (Å²) in [6.45, 7) is 2.40. The lowest BCUT2D eigenvalue weighted by atomic mass is 10.0. The first kappa shape index (κ1) is 17.4. The summed E-state index contributed by atoms with van der Waals surface area (Å²) in [7, 11) is 3.79. The molecule has 1 atom stereocenters. The molecule has 0 unspecified atom stereocenters. The average molecular weight is 339 g/mol. The van der Waals surface area contributed by atoms with Crippen LogP contribution in [0.25, 0.3) is 0 Å². The van der Waals surface area contributed by atoms with Crippen LogP contribution in [0.1, 0.15) is 23.6 Å². The van der Waals surface area contributed by atoms with Gasteiger partial charge in [0, 0.05) is 38.4 Å². The lowest BCUT2D eigenvalue weighted by Gasteiger charge is -2.39. The number of rotatable bonds is 5. The Hall–Kier alpha value is -2.40. The largest absolute Gasteiger partial charge is 0.497 e. The standard InChI is InChI=1S/C20H25N3O2/c1-22-12-13-23(20(24)10-5-16-4-3-11-21-14-16)15-19(22)17-6-8-18(25-2)9-7-17/h3-4,6-9,11,14,19H,5,10,12-13,15H2,1-2H3/t19-/m0/s1. The van der Waals surface area contributed by atoms with Gasteiger partial charge in [-0.2, -0.15) is 0 Å². The molecule has 1 aliphatic rings. The third kappa shape index (κ3) is 4.37. The number of benzene rings is 1. The lowest BCUT2D eigenvalue weighted by molar-refractivity contribution is -0.134. The average Bonchev–Trinajstić information content (AvgIpc) is 2.67. The molecule has 0 radical (unpaired) electrons. The summed E-state index contributed by atoms with van der Waals surface area (Å²) in [5, 5.41) is 0. The van der Waals surface area contributed by atoms with E-state index in [4.69, 9.17) is 4.74 Å². The molecular formula is C20H25N3O2. The molecule has 1 amide bonds. The van der Waals surface area contributed by atoms with Crippen molar-refractivity contribution in [3.05, 3.63) is 59.9 Å². The van der Waals surface area contributed by atoms with Gasteiger partial charge in [-0.15, -0.1) is 0 Å². The molecule has 1 aromatic heterocycles. The second-order valence-electron chi connectivity index (χ2n) is 6.47. The van der Waals surface area contributed by atoms with Crippen LogP contribution in [0.15, 0.2) is 48.8 Å². The van der Waals surface area contributed by atoms with E-state index >= 15 is 0 Å². The predicted octanol–water partition coefficient (Wildman–Crippen LogP) is 2.54. The van der Waals surface area contributed by atoms with Gasteiger partial charge in [0.15, 0.2) is 0 Å². The van der Waals surface area contributed by atoms with Gasteiger partial charge in [0.2, 0.25) is 5.91 Å². The topological polar surface area (TPSA) is 45.7 Å². The molecule has 2 heterocycles. The van der Waals surface area contributed by atoms with Gasteiger partial charge in [0.05, 0.1) is 13.2 Å². The number of hydrogen-bond acceptors (Lipinski definition) is 4. The minimum atomic E-state index is 0.218. The van der Waals surface area contributed by atoms with E-state index in [0.29, 0.717) is 6.42 Å². The first-order chi connectivity index (χ1) is 12.2. The van der Waals surface area contributed by atoms with Crippen LogP contribution in [0, 0.1) is 0 Å². The maximum atomic E-state index is 12.6. The van der Waals surface area contributed by atoms with Crippen molar-refractivity contribution in [2.75, 3.05) is 33.8 Å². The van der Waals surface area contributed by atoms with E-state index in [2.05, 4.69) is 29.1 Å². The number of ether oxygens (including phenoxy) is 1. The third-order valence-corrected chi connectivity index (χ3v) is 4.85. The van der Waals surface area contributed by atoms with E-state index in [0.717, 1.165) is 37.4 Å². The maximum Gasteiger partial charge on any atom is 0.223 e. The first-order valence-electron chi connectivity index (χ1n) is 8.68. The summed E-state index contributed by atoms with van der Waals surface area (Å²) >= 11 is 0. The predicted molar refractivity (Wildman–Crippen MR) is 97.5 cm³/mol. The first-order valence-corrected chi connectivity index (χ1v) is 8.68. The van der Waals surface area contributed by atoms with Crippen LogP contribution in [0.5, 0.6) is 5.75 Å². The molecular weight excluding hydrogens is 314 g/mol. The third-order valence-electron chi connectivity index (χ3n) is 4.85. The Morgan fingerprint density at radius 2 is 2.04 bits per heavy atom. The van der Waals surface area contributed by atoms with E-state index in [1.54, 1.807) is 13.3 Å². The van der Waals surface area contributed by atoms with Crippen molar-refractivity contribution >= 4 is 5.91 Å². The Labute approximate surface area is 149 Å². The normalized spacial score (nSPS) is 18.2. The molecule has 2 aromatic rings. The van der Waals surface area contributed by atoms with Gasteiger partial charge >= 0.3 is 0 Å². The Bertz CT molecular complexity index is 688. The molecule has 132 valence electrons. The number of nitrogens with zero attached hydrogens (tertiary/aromatic N) is 3. The molecule has 1 saturated heterocycles. The SMILES string of the molecule is COc1ccc([C@@H]2CN(C(=O)CCc3cccnc3)CCN2C)cc1. The molecule has 0 aliphatic carbocycles. The highest BCUT2D eigenvalue weighted by Crippen LogP contribution is 2.26. The molecule has 25 heavy (non-hydrogen) atoms. The van der Waals surface area contributed by atoms with Crippen LogP contribution in [-0.2, 0) is 11.2 Å². The Balaban J connectivity index is 1.61. The Morgan fingerprint density at radius 3 is 2.72 bits per heavy atom. The number of carbonyl (C=O) groups is 1. The quantitative estimate of drug-likeness (QED) is 0.840. The van der Waals surface area contributed by atoms with E-state index in [1.165, 1.54) is 5.56 Å². The van der Waals surface area contributed by atoms with Crippen molar-refractivity contribution < 1.29 is 9.53 Å². The highest BCUT2D eigenvalue weighted by Gasteiger charge is 2.28. The van der Waals surface area contributed by atoms with Crippen LogP contribution in [0.3, 0.4) is 0 Å². The molecule has 0 saturated carbocycles. The molecule has 0 bridgehead atoms. The smallest absolute Gasteiger partial charge is 0.223 e. The number of aryl methyl sites for hydroxylation is 1. The summed E-state index contributed by atoms with van der Waals surface area (Å²) in [4.78, 5) is 21.0. The molecule has 1 aliphatic heterocycles. The number of methoxy groups -OCH3 is 1. The van der Waals surface area contributed by atoms with E-state index in [-0.39, 0.29) is 11.9 Å². The fraction of sp³-hybridized carbons (Fsp3) is 0.400. The molecule has 5 heteroatoms. The summed E-state index contributed by atoms with van der Waals surface area (Å²) in [6.07, 6.45) is 4.86. The van der Waals surface area contributed by atoms with Crippen LogP contribution in [0.4, 0.5) is 0 Å². The minimum absolute atomic E-state index is 0.218. The zero-order valence-electron chi connectivity index (χ0n) is 14.9. The minimum Gasteiger partial charge on any atom is -0.497 e. The molecule has 1 fully saturated rings. The van der Waals surface area contributed by atoms with Crippen LogP contribution in [0.2, 0.25) is 0 Å². The van der Waals surface area contributed by atoms with Crippen molar-refractivity contribution in [2.45, 2.75) is 18.9 Å². The number of pyridine rings is 1. The zero-order chi connectivity index (χ0) is 17.6. The number of carbonyl (C=O) groups excluding carboxylic acids is 1. The monoisotopic (exact) mass is 339 g/mol. The van der Waals surface area contributed by atoms with Crippen molar-refractivity contribution in [3.63, 3.8) is 0 Å². The van der Waals surface area contributed by atoms with Gasteiger partial charge in [-0.05, 0) is 42.8 Å². The summed E-state index contributed by atoms with van der Waals surface area (Å²) in [5.41, 5.74) is 2.32. The summed E-state index contributed by atoms with van der Waals surface area (Å²) < 4.78 is 5.23. The van der Waals surface area contributed by atoms with Crippen LogP contribution < -0.4 is 4.74 Å². The van der Waals surface area contributed by atoms with Crippen molar-refractivity contribution in [2.24, 2.45) is 0 Å². The van der Waals surface area contributed by atoms with E-state index in [9.17, 15) is 4.79 Å². The fourth-order valence-corrected chi connectivity index (χ4v) is 3.24. The molecule has 5 nitrogen and oxygen atoms in total. The fourth-order valence-electron chi connectivity index (χ4n) is 3.24. The Kier molecular flexibility index (Phi) is 5.66. The zero-order valence-corrected chi connectivity index (χ0v) is 14.9. The number of likely N-dealkylation sites (N-methyl/N-ethyl adjacent to an activating group) is 1. The van der Waals surface area contributed by atoms with E-state index < -0.39 is 0 Å². The maximum absolute atomic E-state index is 12.6. The van der Waals surface area contributed by atoms with Gasteiger partial charge in [-0.25, -0.2) is 0 Å².